The predicted octanol–water partition coefficient (Wildman–Crippen LogP) is 4.34. The van der Waals surface area contributed by atoms with E-state index in [1.165, 1.54) is 19.8 Å². The van der Waals surface area contributed by atoms with Crippen molar-refractivity contribution in [2.45, 2.75) is 88.5 Å². The summed E-state index contributed by atoms with van der Waals surface area (Å²) in [5.41, 5.74) is 1.33. The zero-order chi connectivity index (χ0) is 28.5. The summed E-state index contributed by atoms with van der Waals surface area (Å²) in [4.78, 5) is 30.4. The second kappa shape index (κ2) is 9.73. The molecule has 8 nitrogen and oxygen atoms in total. The highest BCUT2D eigenvalue weighted by Crippen LogP contribution is 2.66. The van der Waals surface area contributed by atoms with Gasteiger partial charge in [0.2, 0.25) is 5.91 Å². The van der Waals surface area contributed by atoms with Crippen molar-refractivity contribution in [3.8, 4) is 11.5 Å². The van der Waals surface area contributed by atoms with Crippen molar-refractivity contribution in [2.24, 2.45) is 11.8 Å². The number of furan rings is 1. The molecule has 2 bridgehead atoms. The third-order valence-corrected chi connectivity index (χ3v) is 10.2. The maximum absolute atomic E-state index is 13.9. The van der Waals surface area contributed by atoms with Gasteiger partial charge in [-0.2, -0.15) is 0 Å². The Labute approximate surface area is 241 Å². The number of rotatable bonds is 8. The first-order chi connectivity index (χ1) is 19.7. The van der Waals surface area contributed by atoms with Gasteiger partial charge >= 0.3 is 5.97 Å². The van der Waals surface area contributed by atoms with Crippen molar-refractivity contribution < 1.29 is 28.6 Å². The summed E-state index contributed by atoms with van der Waals surface area (Å²) in [6.45, 7) is 8.11. The summed E-state index contributed by atoms with van der Waals surface area (Å²) < 4.78 is 17.7. The van der Waals surface area contributed by atoms with Crippen LogP contribution in [0.4, 0.5) is 0 Å². The molecule has 3 fully saturated rings. The molecule has 5 atom stereocenters. The fourth-order valence-electron chi connectivity index (χ4n) is 8.41. The van der Waals surface area contributed by atoms with Gasteiger partial charge in [0, 0.05) is 43.3 Å². The van der Waals surface area contributed by atoms with E-state index in [0.717, 1.165) is 48.5 Å². The summed E-state index contributed by atoms with van der Waals surface area (Å²) in [7, 11) is 0. The molecule has 2 aromatic rings. The van der Waals surface area contributed by atoms with Crippen LogP contribution in [0.3, 0.4) is 0 Å². The minimum absolute atomic E-state index is 0.00263. The molecular weight excluding hydrogens is 520 g/mol. The van der Waals surface area contributed by atoms with Gasteiger partial charge in [0.15, 0.2) is 11.5 Å². The maximum atomic E-state index is 13.9. The number of likely N-dealkylation sites (tertiary alicyclic amines) is 1. The molecule has 1 aromatic carbocycles. The molecule has 41 heavy (non-hydrogen) atoms. The molecule has 2 aliphatic heterocycles. The quantitative estimate of drug-likeness (QED) is 0.292. The summed E-state index contributed by atoms with van der Waals surface area (Å²) in [5.74, 6) is 1.47. The second-order valence-electron chi connectivity index (χ2n) is 13.2. The van der Waals surface area contributed by atoms with Crippen LogP contribution >= 0.6 is 0 Å². The van der Waals surface area contributed by atoms with Crippen LogP contribution in [0.5, 0.6) is 11.5 Å². The van der Waals surface area contributed by atoms with E-state index in [9.17, 15) is 14.7 Å². The molecule has 8 heteroatoms. The van der Waals surface area contributed by atoms with Crippen molar-refractivity contribution in [1.29, 1.82) is 0 Å². The molecule has 3 heterocycles. The van der Waals surface area contributed by atoms with Crippen molar-refractivity contribution in [2.75, 3.05) is 19.6 Å². The Morgan fingerprint density at radius 1 is 1.22 bits per heavy atom. The SMILES string of the molecule is CC(=O)Oc1ccc2c3c1O[C@H]1[C@H](N(CC(C)C)C(=O)/C=C/c4ccoc4)CCC4(O)[C@@H](C2)N(CC2CC2)CC[C@]314. The molecule has 218 valence electrons. The van der Waals surface area contributed by atoms with Gasteiger partial charge in [-0.15, -0.1) is 0 Å². The third kappa shape index (κ3) is 4.16. The van der Waals surface area contributed by atoms with Crippen LogP contribution < -0.4 is 9.47 Å². The van der Waals surface area contributed by atoms with E-state index in [4.69, 9.17) is 13.9 Å². The Morgan fingerprint density at radius 3 is 2.76 bits per heavy atom. The minimum Gasteiger partial charge on any atom is -0.483 e. The molecule has 0 radical (unpaired) electrons. The molecule has 1 unspecified atom stereocenters. The van der Waals surface area contributed by atoms with Gasteiger partial charge in [-0.25, -0.2) is 0 Å². The number of nitrogens with zero attached hydrogens (tertiary/aromatic N) is 2. The molecule has 1 aromatic heterocycles. The smallest absolute Gasteiger partial charge is 0.308 e. The van der Waals surface area contributed by atoms with Gasteiger partial charge in [-0.1, -0.05) is 19.9 Å². The number of benzene rings is 1. The number of esters is 1. The van der Waals surface area contributed by atoms with Gasteiger partial charge in [0.25, 0.3) is 0 Å². The van der Waals surface area contributed by atoms with E-state index in [1.807, 2.05) is 17.0 Å². The van der Waals surface area contributed by atoms with Gasteiger partial charge in [0.05, 0.1) is 29.6 Å². The first kappa shape index (κ1) is 26.8. The standard InChI is InChI=1S/C33H40N2O6/c1-20(2)17-35(28(37)9-6-23-11-15-39-19-23)25-10-12-33(38)27-16-24-7-8-26(40-21(3)36)30-29(24)32(33,31(25)41-30)13-14-34(27)18-22-4-5-22/h6-9,11,15,19-20,22,25,27,31,38H,4-5,10,12-14,16-18H2,1-3H3/b9-6+/t25-,27-,31+,32+,33?/m1/s1. The lowest BCUT2D eigenvalue weighted by atomic mass is 9.48. The lowest BCUT2D eigenvalue weighted by molar-refractivity contribution is -0.201. The zero-order valence-electron chi connectivity index (χ0n) is 24.2. The first-order valence-corrected chi connectivity index (χ1v) is 15.2. The van der Waals surface area contributed by atoms with Crippen LogP contribution in [0.25, 0.3) is 6.08 Å². The third-order valence-electron chi connectivity index (χ3n) is 10.2. The van der Waals surface area contributed by atoms with E-state index < -0.39 is 23.1 Å². The average molecular weight is 561 g/mol. The van der Waals surface area contributed by atoms with Crippen molar-refractivity contribution in [1.82, 2.24) is 9.80 Å². The molecule has 3 aliphatic carbocycles. The van der Waals surface area contributed by atoms with Crippen molar-refractivity contribution in [3.63, 3.8) is 0 Å². The minimum atomic E-state index is -0.992. The van der Waals surface area contributed by atoms with Crippen LogP contribution in [0, 0.1) is 11.8 Å². The van der Waals surface area contributed by atoms with Crippen molar-refractivity contribution >= 4 is 18.0 Å². The van der Waals surface area contributed by atoms with E-state index in [1.54, 1.807) is 24.7 Å². The predicted molar refractivity (Wildman–Crippen MR) is 153 cm³/mol. The van der Waals surface area contributed by atoms with Crippen LogP contribution in [0.15, 0.2) is 41.2 Å². The van der Waals surface area contributed by atoms with E-state index in [2.05, 4.69) is 24.8 Å². The Hall–Kier alpha value is -3.10. The molecular formula is C33H40N2O6. The highest BCUT2D eigenvalue weighted by Gasteiger charge is 2.73. The Morgan fingerprint density at radius 2 is 2.05 bits per heavy atom. The van der Waals surface area contributed by atoms with Gasteiger partial charge in [0.1, 0.15) is 6.10 Å². The van der Waals surface area contributed by atoms with Gasteiger partial charge < -0.3 is 23.9 Å². The summed E-state index contributed by atoms with van der Waals surface area (Å²) in [5, 5.41) is 12.9. The number of ether oxygens (including phenoxy) is 2. The zero-order valence-corrected chi connectivity index (χ0v) is 24.2. The maximum Gasteiger partial charge on any atom is 0.308 e. The summed E-state index contributed by atoms with van der Waals surface area (Å²) >= 11 is 0. The van der Waals surface area contributed by atoms with Crippen LogP contribution in [0.2, 0.25) is 0 Å². The molecule has 1 N–H and O–H groups in total. The second-order valence-corrected chi connectivity index (χ2v) is 13.2. The van der Waals surface area contributed by atoms with Crippen molar-refractivity contribution in [3.05, 3.63) is 53.5 Å². The molecule has 5 aliphatic rings. The number of carbonyl (C=O) groups is 2. The van der Waals surface area contributed by atoms with Crippen LogP contribution in [0.1, 0.15) is 69.6 Å². The van der Waals surface area contributed by atoms with E-state index in [-0.39, 0.29) is 23.9 Å². The first-order valence-electron chi connectivity index (χ1n) is 15.2. The fraction of sp³-hybridized carbons (Fsp3) is 0.576. The largest absolute Gasteiger partial charge is 0.483 e. The lowest BCUT2D eigenvalue weighted by Crippen LogP contribution is -2.78. The topological polar surface area (TPSA) is 92.5 Å². The highest BCUT2D eigenvalue weighted by molar-refractivity contribution is 5.92. The number of aliphatic hydroxyl groups is 1. The van der Waals surface area contributed by atoms with Gasteiger partial charge in [-0.05, 0) is 80.7 Å². The van der Waals surface area contributed by atoms with E-state index >= 15 is 0 Å². The molecule has 2 saturated carbocycles. The van der Waals surface area contributed by atoms with Crippen LogP contribution in [-0.4, -0.2) is 70.2 Å². The monoisotopic (exact) mass is 560 g/mol. The number of piperidine rings is 1. The fourth-order valence-corrected chi connectivity index (χ4v) is 8.41. The summed E-state index contributed by atoms with van der Waals surface area (Å²) in [6.07, 6.45) is 11.4. The normalized spacial score (nSPS) is 31.7. The molecule has 1 amide bonds. The Bertz CT molecular complexity index is 1380. The molecule has 1 spiro atoms. The average Bonchev–Trinajstić information content (AvgIpc) is 3.44. The number of amides is 1. The number of carbonyl (C=O) groups excluding carboxylic acids is 2. The van der Waals surface area contributed by atoms with Gasteiger partial charge in [-0.3, -0.25) is 14.5 Å². The highest BCUT2D eigenvalue weighted by atomic mass is 16.6. The lowest BCUT2D eigenvalue weighted by Gasteiger charge is -2.65. The molecule has 1 saturated heterocycles. The Balaban J connectivity index is 1.32. The van der Waals surface area contributed by atoms with Crippen LogP contribution in [-0.2, 0) is 21.4 Å². The Kier molecular flexibility index (Phi) is 6.36. The van der Waals surface area contributed by atoms with E-state index in [0.29, 0.717) is 30.9 Å². The number of hydrogen-bond donors (Lipinski definition) is 1. The molecule has 7 rings (SSSR count). The summed E-state index contributed by atoms with van der Waals surface area (Å²) in [6, 6.07) is 5.49. The number of hydrogen-bond acceptors (Lipinski definition) is 7.